The summed E-state index contributed by atoms with van der Waals surface area (Å²) >= 11 is 20.2. The lowest BCUT2D eigenvalue weighted by Crippen LogP contribution is -2.22. The van der Waals surface area contributed by atoms with E-state index in [2.05, 4.69) is 33.2 Å². The Balaban J connectivity index is 1.99. The van der Waals surface area contributed by atoms with Crippen molar-refractivity contribution >= 4 is 74.7 Å². The van der Waals surface area contributed by atoms with Gasteiger partial charge in [-0.1, -0.05) is 40.9 Å². The van der Waals surface area contributed by atoms with Crippen molar-refractivity contribution in [3.05, 3.63) is 55.0 Å². The molecule has 7 heteroatoms. The lowest BCUT2D eigenvalue weighted by atomic mass is 10.3. The maximum Gasteiger partial charge on any atom is 0.243 e. The number of para-hydroxylation sites is 1. The van der Waals surface area contributed by atoms with E-state index in [-0.39, 0.29) is 12.5 Å². The molecular formula is C14H10Cl3IN2O. The molecule has 110 valence electrons. The summed E-state index contributed by atoms with van der Waals surface area (Å²) < 4.78 is 1.02. The van der Waals surface area contributed by atoms with Gasteiger partial charge in [-0.05, 0) is 52.9 Å². The van der Waals surface area contributed by atoms with Gasteiger partial charge in [0.15, 0.2) is 0 Å². The zero-order chi connectivity index (χ0) is 15.4. The maximum atomic E-state index is 11.9. The Kier molecular flexibility index (Phi) is 5.98. The average Bonchev–Trinajstić information content (AvgIpc) is 2.42. The largest absolute Gasteiger partial charge is 0.375 e. The van der Waals surface area contributed by atoms with Crippen LogP contribution < -0.4 is 10.6 Å². The van der Waals surface area contributed by atoms with Crippen LogP contribution >= 0.6 is 57.4 Å². The zero-order valence-electron chi connectivity index (χ0n) is 10.6. The van der Waals surface area contributed by atoms with Gasteiger partial charge in [0.25, 0.3) is 0 Å². The van der Waals surface area contributed by atoms with Crippen LogP contribution in [-0.2, 0) is 4.79 Å². The van der Waals surface area contributed by atoms with Gasteiger partial charge in [0.1, 0.15) is 0 Å². The molecule has 2 N–H and O–H groups in total. The number of hydrogen-bond acceptors (Lipinski definition) is 2. The molecule has 2 aromatic rings. The molecule has 0 atom stereocenters. The fraction of sp³-hybridized carbons (Fsp3) is 0.0714. The molecule has 0 unspecified atom stereocenters. The first kappa shape index (κ1) is 16.7. The fourth-order valence-corrected chi connectivity index (χ4v) is 3.02. The first-order valence-electron chi connectivity index (χ1n) is 5.90. The van der Waals surface area contributed by atoms with E-state index in [1.165, 1.54) is 0 Å². The molecule has 3 nitrogen and oxygen atoms in total. The lowest BCUT2D eigenvalue weighted by molar-refractivity contribution is -0.114. The third-order valence-electron chi connectivity index (χ3n) is 2.60. The topological polar surface area (TPSA) is 41.1 Å². The van der Waals surface area contributed by atoms with Crippen LogP contribution in [0.25, 0.3) is 0 Å². The molecule has 0 spiro atoms. The summed E-state index contributed by atoms with van der Waals surface area (Å²) in [5, 5.41) is 6.98. The second-order valence-corrected chi connectivity index (χ2v) is 6.59. The molecule has 0 aliphatic carbocycles. The summed E-state index contributed by atoms with van der Waals surface area (Å²) in [6.07, 6.45) is 0. The second-order valence-electron chi connectivity index (χ2n) is 4.12. The van der Waals surface area contributed by atoms with Crippen LogP contribution in [0.4, 0.5) is 11.4 Å². The van der Waals surface area contributed by atoms with E-state index in [4.69, 9.17) is 34.8 Å². The van der Waals surface area contributed by atoms with E-state index < -0.39 is 0 Å². The Labute approximate surface area is 151 Å². The molecule has 0 radical (unpaired) electrons. The summed E-state index contributed by atoms with van der Waals surface area (Å²) in [7, 11) is 0. The van der Waals surface area contributed by atoms with Crippen molar-refractivity contribution in [2.75, 3.05) is 17.2 Å². The number of nitrogens with one attached hydrogen (secondary N) is 2. The summed E-state index contributed by atoms with van der Waals surface area (Å²) in [6, 6.07) is 10.6. The zero-order valence-corrected chi connectivity index (χ0v) is 15.0. The Bertz CT molecular complexity index is 659. The fourth-order valence-electron chi connectivity index (χ4n) is 1.61. The summed E-state index contributed by atoms with van der Waals surface area (Å²) in [5.74, 6) is -0.264. The lowest BCUT2D eigenvalue weighted by Gasteiger charge is -2.11. The van der Waals surface area contributed by atoms with Crippen molar-refractivity contribution in [1.82, 2.24) is 0 Å². The predicted octanol–water partition coefficient (Wildman–Crippen LogP) is 5.30. The molecule has 0 saturated heterocycles. The molecule has 0 saturated carbocycles. The van der Waals surface area contributed by atoms with Gasteiger partial charge in [0.05, 0.1) is 33.0 Å². The van der Waals surface area contributed by atoms with Crippen LogP contribution in [0.15, 0.2) is 36.4 Å². The minimum absolute atomic E-state index is 0.0574. The highest BCUT2D eigenvalue weighted by Gasteiger charge is 2.10. The third-order valence-corrected chi connectivity index (χ3v) is 4.21. The Morgan fingerprint density at radius 2 is 1.71 bits per heavy atom. The number of rotatable bonds is 4. The Morgan fingerprint density at radius 1 is 1.05 bits per heavy atom. The number of carbonyl (C=O) groups is 1. The molecular weight excluding hydrogens is 445 g/mol. The van der Waals surface area contributed by atoms with Crippen LogP contribution in [0.5, 0.6) is 0 Å². The van der Waals surface area contributed by atoms with E-state index in [0.29, 0.717) is 26.4 Å². The summed E-state index contributed by atoms with van der Waals surface area (Å²) in [4.78, 5) is 11.9. The Morgan fingerprint density at radius 3 is 2.33 bits per heavy atom. The minimum atomic E-state index is -0.264. The van der Waals surface area contributed by atoms with Crippen molar-refractivity contribution in [2.24, 2.45) is 0 Å². The quantitative estimate of drug-likeness (QED) is 0.614. The van der Waals surface area contributed by atoms with Gasteiger partial charge in [0, 0.05) is 3.57 Å². The molecule has 2 aromatic carbocycles. The molecule has 0 aromatic heterocycles. The number of anilines is 2. The molecule has 0 heterocycles. The highest BCUT2D eigenvalue weighted by Crippen LogP contribution is 2.29. The van der Waals surface area contributed by atoms with Crippen LogP contribution in [0.2, 0.25) is 15.1 Å². The Hall–Kier alpha value is -0.690. The highest BCUT2D eigenvalue weighted by molar-refractivity contribution is 14.1. The van der Waals surface area contributed by atoms with E-state index in [1.807, 2.05) is 18.2 Å². The molecule has 2 rings (SSSR count). The maximum absolute atomic E-state index is 11.9. The number of hydrogen-bond donors (Lipinski definition) is 2. The normalized spacial score (nSPS) is 10.3. The van der Waals surface area contributed by atoms with Crippen LogP contribution in [0.3, 0.4) is 0 Å². The molecule has 21 heavy (non-hydrogen) atoms. The van der Waals surface area contributed by atoms with Crippen LogP contribution in [-0.4, -0.2) is 12.5 Å². The first-order chi connectivity index (χ1) is 9.97. The molecule has 0 aliphatic rings. The summed E-state index contributed by atoms with van der Waals surface area (Å²) in [6.45, 7) is 0.0574. The van der Waals surface area contributed by atoms with Gasteiger partial charge in [-0.3, -0.25) is 4.79 Å². The number of halogens is 4. The SMILES string of the molecule is O=C(CNc1ccc(I)cc1Cl)Nc1c(Cl)cccc1Cl. The van der Waals surface area contributed by atoms with E-state index in [0.717, 1.165) is 3.57 Å². The van der Waals surface area contributed by atoms with Gasteiger partial charge >= 0.3 is 0 Å². The van der Waals surface area contributed by atoms with Gasteiger partial charge in [0.2, 0.25) is 5.91 Å². The van der Waals surface area contributed by atoms with Crippen molar-refractivity contribution in [3.8, 4) is 0 Å². The minimum Gasteiger partial charge on any atom is -0.375 e. The highest BCUT2D eigenvalue weighted by atomic mass is 127. The number of benzene rings is 2. The van der Waals surface area contributed by atoms with E-state index >= 15 is 0 Å². The van der Waals surface area contributed by atoms with E-state index in [9.17, 15) is 4.79 Å². The monoisotopic (exact) mass is 454 g/mol. The van der Waals surface area contributed by atoms with Crippen molar-refractivity contribution in [1.29, 1.82) is 0 Å². The van der Waals surface area contributed by atoms with Crippen molar-refractivity contribution < 1.29 is 4.79 Å². The van der Waals surface area contributed by atoms with Crippen LogP contribution in [0.1, 0.15) is 0 Å². The third kappa shape index (κ3) is 4.64. The van der Waals surface area contributed by atoms with Gasteiger partial charge in [-0.2, -0.15) is 0 Å². The van der Waals surface area contributed by atoms with Gasteiger partial charge < -0.3 is 10.6 Å². The number of amides is 1. The van der Waals surface area contributed by atoms with Crippen LogP contribution in [0, 0.1) is 3.57 Å². The van der Waals surface area contributed by atoms with Gasteiger partial charge in [-0.15, -0.1) is 0 Å². The van der Waals surface area contributed by atoms with Crippen molar-refractivity contribution in [3.63, 3.8) is 0 Å². The molecule has 1 amide bonds. The molecule has 0 bridgehead atoms. The summed E-state index contributed by atoms with van der Waals surface area (Å²) in [5.41, 5.74) is 1.10. The smallest absolute Gasteiger partial charge is 0.243 e. The second kappa shape index (κ2) is 7.54. The average molecular weight is 456 g/mol. The number of carbonyl (C=O) groups excluding carboxylic acids is 1. The molecule has 0 aliphatic heterocycles. The van der Waals surface area contributed by atoms with Gasteiger partial charge in [-0.25, -0.2) is 0 Å². The first-order valence-corrected chi connectivity index (χ1v) is 8.11. The standard InChI is InChI=1S/C14H10Cl3IN2O/c15-9-2-1-3-10(16)14(9)20-13(21)7-19-12-5-4-8(18)6-11(12)17/h1-6,19H,7H2,(H,20,21). The van der Waals surface area contributed by atoms with E-state index in [1.54, 1.807) is 18.2 Å². The van der Waals surface area contributed by atoms with Crippen molar-refractivity contribution in [2.45, 2.75) is 0 Å². The predicted molar refractivity (Wildman–Crippen MR) is 97.8 cm³/mol. The molecule has 0 fully saturated rings.